The molecule has 3 heterocycles. The Kier molecular flexibility index (Phi) is 7.27. The first-order valence-electron chi connectivity index (χ1n) is 10.8. The number of fused-ring (bicyclic) bond motifs is 1. The molecule has 0 saturated carbocycles. The lowest BCUT2D eigenvalue weighted by atomic mass is 10.1. The van der Waals surface area contributed by atoms with Crippen molar-refractivity contribution in [2.45, 2.75) is 31.6 Å². The Hall–Kier alpha value is -2.47. The fourth-order valence-corrected chi connectivity index (χ4v) is 6.18. The second-order valence-corrected chi connectivity index (χ2v) is 10.5. The van der Waals surface area contributed by atoms with Crippen LogP contribution in [0.4, 0.5) is 5.82 Å². The Morgan fingerprint density at radius 1 is 1.18 bits per heavy atom. The highest BCUT2D eigenvalue weighted by atomic mass is 35.5. The van der Waals surface area contributed by atoms with Crippen LogP contribution in [0.25, 0.3) is 5.78 Å². The molecule has 0 amide bonds. The van der Waals surface area contributed by atoms with Gasteiger partial charge in [-0.2, -0.15) is 18.9 Å². The smallest absolute Gasteiger partial charge is 0.306 e. The fraction of sp³-hybridized carbons (Fsp3) is 0.429. The molecule has 1 aliphatic rings. The molecule has 0 bridgehead atoms. The number of carbonyl (C=O) groups is 1. The molecule has 34 heavy (non-hydrogen) atoms. The fourth-order valence-electron chi connectivity index (χ4n) is 4.01. The zero-order valence-electron chi connectivity index (χ0n) is 18.7. The maximum atomic E-state index is 13.2. The molecule has 0 N–H and O–H groups in total. The van der Waals surface area contributed by atoms with Gasteiger partial charge in [-0.1, -0.05) is 23.2 Å². The number of benzene rings is 1. The number of rotatable bonds is 7. The van der Waals surface area contributed by atoms with Crippen molar-refractivity contribution in [3.63, 3.8) is 0 Å². The van der Waals surface area contributed by atoms with Crippen LogP contribution in [-0.4, -0.2) is 71.1 Å². The van der Waals surface area contributed by atoms with E-state index in [2.05, 4.69) is 15.1 Å². The summed E-state index contributed by atoms with van der Waals surface area (Å²) in [5.41, 5.74) is 1.59. The van der Waals surface area contributed by atoms with E-state index in [-0.39, 0.29) is 35.4 Å². The summed E-state index contributed by atoms with van der Waals surface area (Å²) >= 11 is 12.1. The number of piperazine rings is 1. The summed E-state index contributed by atoms with van der Waals surface area (Å²) in [4.78, 5) is 22.8. The predicted molar refractivity (Wildman–Crippen MR) is 128 cm³/mol. The molecule has 4 rings (SSSR count). The lowest BCUT2D eigenvalue weighted by molar-refractivity contribution is -0.143. The Bertz CT molecular complexity index is 1320. The van der Waals surface area contributed by atoms with E-state index < -0.39 is 10.0 Å². The molecule has 1 saturated heterocycles. The van der Waals surface area contributed by atoms with Crippen molar-refractivity contribution < 1.29 is 17.9 Å². The summed E-state index contributed by atoms with van der Waals surface area (Å²) in [7, 11) is -3.79. The minimum atomic E-state index is -3.79. The summed E-state index contributed by atoms with van der Waals surface area (Å²) < 4.78 is 34.5. The molecule has 2 aromatic heterocycles. The minimum Gasteiger partial charge on any atom is -0.466 e. The van der Waals surface area contributed by atoms with Crippen molar-refractivity contribution in [3.8, 4) is 0 Å². The first-order chi connectivity index (χ1) is 16.2. The van der Waals surface area contributed by atoms with Crippen molar-refractivity contribution in [3.05, 3.63) is 45.8 Å². The number of esters is 1. The Labute approximate surface area is 207 Å². The first kappa shape index (κ1) is 24.6. The summed E-state index contributed by atoms with van der Waals surface area (Å²) in [6.45, 7) is 5.26. The third kappa shape index (κ3) is 4.83. The number of nitrogens with zero attached hydrogens (tertiary/aromatic N) is 6. The normalized spacial score (nSPS) is 15.1. The van der Waals surface area contributed by atoms with Gasteiger partial charge in [0.2, 0.25) is 10.0 Å². The van der Waals surface area contributed by atoms with E-state index >= 15 is 0 Å². The van der Waals surface area contributed by atoms with Crippen LogP contribution in [0.5, 0.6) is 0 Å². The summed E-state index contributed by atoms with van der Waals surface area (Å²) in [5.74, 6) is 0.906. The number of aryl methyl sites for hydroxylation is 1. The van der Waals surface area contributed by atoms with Crippen LogP contribution in [-0.2, 0) is 26.0 Å². The number of hydrogen-bond donors (Lipinski definition) is 0. The second-order valence-electron chi connectivity index (χ2n) is 7.74. The van der Waals surface area contributed by atoms with E-state index in [1.54, 1.807) is 11.4 Å². The minimum absolute atomic E-state index is 0.0283. The molecule has 182 valence electrons. The highest BCUT2D eigenvalue weighted by Crippen LogP contribution is 2.30. The average molecular weight is 527 g/mol. The maximum Gasteiger partial charge on any atom is 0.306 e. The molecule has 1 fully saturated rings. The first-order valence-corrected chi connectivity index (χ1v) is 13.0. The van der Waals surface area contributed by atoms with Crippen molar-refractivity contribution in [2.24, 2.45) is 0 Å². The summed E-state index contributed by atoms with van der Waals surface area (Å²) in [6.07, 6.45) is 2.04. The molecular weight excluding hydrogens is 503 g/mol. The van der Waals surface area contributed by atoms with Crippen LogP contribution < -0.4 is 4.90 Å². The van der Waals surface area contributed by atoms with E-state index in [1.165, 1.54) is 28.8 Å². The number of ether oxygens (including phenoxy) is 1. The van der Waals surface area contributed by atoms with Crippen molar-refractivity contribution in [2.75, 3.05) is 37.7 Å². The van der Waals surface area contributed by atoms with Gasteiger partial charge in [-0.25, -0.2) is 13.4 Å². The molecule has 0 unspecified atom stereocenters. The van der Waals surface area contributed by atoms with Crippen LogP contribution in [0.2, 0.25) is 10.0 Å². The highest BCUT2D eigenvalue weighted by Gasteiger charge is 2.32. The van der Waals surface area contributed by atoms with Gasteiger partial charge in [-0.15, -0.1) is 0 Å². The SMILES string of the molecule is CCOC(=O)CCc1c(C)nc2ncnn2c1N1CCN(S(=O)(=O)c2ccc(Cl)cc2Cl)CC1. The number of anilines is 1. The van der Waals surface area contributed by atoms with Crippen LogP contribution in [0.3, 0.4) is 0 Å². The van der Waals surface area contributed by atoms with E-state index in [9.17, 15) is 13.2 Å². The van der Waals surface area contributed by atoms with Crippen LogP contribution >= 0.6 is 23.2 Å². The number of halogens is 2. The lowest BCUT2D eigenvalue weighted by Crippen LogP contribution is -2.49. The molecular formula is C21H24Cl2N6O4S. The van der Waals surface area contributed by atoms with E-state index in [0.717, 1.165) is 17.1 Å². The van der Waals surface area contributed by atoms with E-state index in [0.29, 0.717) is 36.9 Å². The molecule has 1 aromatic carbocycles. The number of hydrogen-bond acceptors (Lipinski definition) is 8. The van der Waals surface area contributed by atoms with Gasteiger partial charge in [0.1, 0.15) is 17.0 Å². The Morgan fingerprint density at radius 2 is 1.91 bits per heavy atom. The molecule has 13 heteroatoms. The Morgan fingerprint density at radius 3 is 2.59 bits per heavy atom. The van der Waals surface area contributed by atoms with Gasteiger partial charge in [-0.05, 0) is 38.5 Å². The van der Waals surface area contributed by atoms with Gasteiger partial charge in [0.25, 0.3) is 5.78 Å². The average Bonchev–Trinajstić information content (AvgIpc) is 3.25. The van der Waals surface area contributed by atoms with Crippen LogP contribution in [0.1, 0.15) is 24.6 Å². The standard InChI is InChI=1S/C21H24Cl2N6O4S/c1-3-33-19(30)7-5-16-14(2)26-21-24-13-25-29(21)20(16)27-8-10-28(11-9-27)34(31,32)18-6-4-15(22)12-17(18)23/h4,6,12-13H,3,5,7-11H2,1-2H3. The summed E-state index contributed by atoms with van der Waals surface area (Å²) in [5, 5.41) is 4.78. The molecule has 0 atom stereocenters. The Balaban J connectivity index is 1.60. The number of aromatic nitrogens is 4. The van der Waals surface area contributed by atoms with Gasteiger partial charge in [0.05, 0.1) is 11.6 Å². The van der Waals surface area contributed by atoms with Crippen molar-refractivity contribution >= 4 is 50.8 Å². The molecule has 0 radical (unpaired) electrons. The zero-order chi connectivity index (χ0) is 24.5. The van der Waals surface area contributed by atoms with E-state index in [1.807, 2.05) is 11.8 Å². The molecule has 0 aliphatic carbocycles. The van der Waals surface area contributed by atoms with Gasteiger partial charge in [0, 0.05) is 48.9 Å². The van der Waals surface area contributed by atoms with Gasteiger partial charge in [0.15, 0.2) is 0 Å². The van der Waals surface area contributed by atoms with Crippen molar-refractivity contribution in [1.82, 2.24) is 23.9 Å². The molecule has 0 spiro atoms. The van der Waals surface area contributed by atoms with Gasteiger partial charge >= 0.3 is 5.97 Å². The second kappa shape index (κ2) is 10.0. The zero-order valence-corrected chi connectivity index (χ0v) is 21.1. The monoisotopic (exact) mass is 526 g/mol. The predicted octanol–water partition coefficient (Wildman–Crippen LogP) is 2.75. The number of sulfonamides is 1. The van der Waals surface area contributed by atoms with Crippen molar-refractivity contribution in [1.29, 1.82) is 0 Å². The third-order valence-electron chi connectivity index (χ3n) is 5.64. The largest absolute Gasteiger partial charge is 0.466 e. The molecule has 1 aliphatic heterocycles. The van der Waals surface area contributed by atoms with Gasteiger partial charge < -0.3 is 9.64 Å². The highest BCUT2D eigenvalue weighted by molar-refractivity contribution is 7.89. The van der Waals surface area contributed by atoms with Crippen LogP contribution in [0.15, 0.2) is 29.4 Å². The lowest BCUT2D eigenvalue weighted by Gasteiger charge is -2.36. The molecule has 3 aromatic rings. The van der Waals surface area contributed by atoms with E-state index in [4.69, 9.17) is 27.9 Å². The summed E-state index contributed by atoms with van der Waals surface area (Å²) in [6, 6.07) is 4.35. The van der Waals surface area contributed by atoms with Crippen LogP contribution in [0, 0.1) is 6.92 Å². The quantitative estimate of drug-likeness (QED) is 0.432. The van der Waals surface area contributed by atoms with Gasteiger partial charge in [-0.3, -0.25) is 4.79 Å². The molecule has 10 nitrogen and oxygen atoms in total. The number of carbonyl (C=O) groups excluding carboxylic acids is 1. The maximum absolute atomic E-state index is 13.2. The third-order valence-corrected chi connectivity index (χ3v) is 8.26. The topological polar surface area (TPSA) is 110 Å².